The monoisotopic (exact) mass is 250 g/mol. The second-order valence-electron chi connectivity index (χ2n) is 6.58. The Morgan fingerprint density at radius 2 is 1.78 bits per heavy atom. The molecule has 1 heterocycles. The fourth-order valence-corrected chi connectivity index (χ4v) is 4.11. The zero-order valence-corrected chi connectivity index (χ0v) is 11.5. The summed E-state index contributed by atoms with van der Waals surface area (Å²) < 4.78 is 0. The molecule has 18 heavy (non-hydrogen) atoms. The number of amides is 1. The van der Waals surface area contributed by atoms with Crippen LogP contribution in [0.3, 0.4) is 0 Å². The maximum Gasteiger partial charge on any atom is 0.225 e. The fraction of sp³-hybridized carbons (Fsp3) is 0.933. The summed E-state index contributed by atoms with van der Waals surface area (Å²) in [4.78, 5) is 14.5. The highest BCUT2D eigenvalue weighted by atomic mass is 16.2. The van der Waals surface area contributed by atoms with Gasteiger partial charge in [-0.2, -0.15) is 0 Å². The van der Waals surface area contributed by atoms with E-state index in [9.17, 15) is 4.79 Å². The zero-order chi connectivity index (χ0) is 12.5. The molecule has 1 amide bonds. The molecule has 1 aliphatic heterocycles. The van der Waals surface area contributed by atoms with Gasteiger partial charge in [-0.1, -0.05) is 25.7 Å². The first-order chi connectivity index (χ1) is 8.75. The molecule has 3 fully saturated rings. The molecule has 0 bridgehead atoms. The normalized spacial score (nSPS) is 36.6. The molecule has 3 heteroatoms. The molecule has 102 valence electrons. The molecule has 3 unspecified atom stereocenters. The van der Waals surface area contributed by atoms with Gasteiger partial charge in [0.1, 0.15) is 0 Å². The van der Waals surface area contributed by atoms with E-state index in [1.807, 2.05) is 11.9 Å². The van der Waals surface area contributed by atoms with Gasteiger partial charge in [0.15, 0.2) is 0 Å². The van der Waals surface area contributed by atoms with Crippen LogP contribution >= 0.6 is 0 Å². The lowest BCUT2D eigenvalue weighted by atomic mass is 9.67. The van der Waals surface area contributed by atoms with E-state index in [-0.39, 0.29) is 0 Å². The molecular formula is C15H26N2O. The van der Waals surface area contributed by atoms with Crippen molar-refractivity contribution in [2.45, 2.75) is 51.0 Å². The van der Waals surface area contributed by atoms with Crippen molar-refractivity contribution in [2.75, 3.05) is 20.1 Å². The summed E-state index contributed by atoms with van der Waals surface area (Å²) >= 11 is 0. The van der Waals surface area contributed by atoms with Crippen LogP contribution in [-0.4, -0.2) is 37.0 Å². The van der Waals surface area contributed by atoms with Crippen molar-refractivity contribution in [1.82, 2.24) is 10.2 Å². The second-order valence-corrected chi connectivity index (χ2v) is 6.58. The summed E-state index contributed by atoms with van der Waals surface area (Å²) in [6.07, 6.45) is 9.24. The van der Waals surface area contributed by atoms with Crippen LogP contribution in [0.2, 0.25) is 0 Å². The molecule has 3 atom stereocenters. The Labute approximate surface area is 110 Å². The van der Waals surface area contributed by atoms with Gasteiger partial charge in [0.2, 0.25) is 5.91 Å². The minimum absolute atomic E-state index is 0.329. The Morgan fingerprint density at radius 1 is 1.06 bits per heavy atom. The third-order valence-corrected chi connectivity index (χ3v) is 5.54. The molecule has 3 nitrogen and oxygen atoms in total. The number of nitrogens with zero attached hydrogens (tertiary/aromatic N) is 1. The lowest BCUT2D eigenvalue weighted by Crippen LogP contribution is -2.58. The number of carbonyl (C=O) groups excluding carboxylic acids is 1. The zero-order valence-electron chi connectivity index (χ0n) is 11.5. The Morgan fingerprint density at radius 3 is 2.44 bits per heavy atom. The first-order valence-electron chi connectivity index (χ1n) is 7.73. The minimum Gasteiger partial charge on any atom is -0.340 e. The van der Waals surface area contributed by atoms with Crippen molar-refractivity contribution in [2.24, 2.45) is 17.8 Å². The molecular weight excluding hydrogens is 224 g/mol. The van der Waals surface area contributed by atoms with Crippen LogP contribution in [0, 0.1) is 17.8 Å². The largest absolute Gasteiger partial charge is 0.340 e. The minimum atomic E-state index is 0.329. The lowest BCUT2D eigenvalue weighted by molar-refractivity contribution is -0.139. The number of rotatable bonds is 2. The molecule has 0 aromatic carbocycles. The standard InChI is InChI=1S/C15H26N2O/c1-17(14-9-16-10-14)15(18)13-7-6-11-4-2-3-5-12(11)8-13/h11-14,16H,2-10H2,1H3. The van der Waals surface area contributed by atoms with Crippen molar-refractivity contribution in [1.29, 1.82) is 0 Å². The van der Waals surface area contributed by atoms with Gasteiger partial charge < -0.3 is 10.2 Å². The molecule has 0 radical (unpaired) electrons. The van der Waals surface area contributed by atoms with E-state index in [0.29, 0.717) is 17.9 Å². The second kappa shape index (κ2) is 5.20. The summed E-state index contributed by atoms with van der Waals surface area (Å²) in [5, 5.41) is 3.25. The Balaban J connectivity index is 1.57. The van der Waals surface area contributed by atoms with Crippen LogP contribution in [0.1, 0.15) is 44.9 Å². The number of nitrogens with one attached hydrogen (secondary N) is 1. The van der Waals surface area contributed by atoms with Gasteiger partial charge in [0.25, 0.3) is 0 Å². The quantitative estimate of drug-likeness (QED) is 0.813. The van der Waals surface area contributed by atoms with Crippen LogP contribution in [0.4, 0.5) is 0 Å². The molecule has 0 aromatic heterocycles. The summed E-state index contributed by atoms with van der Waals surface area (Å²) in [6, 6.07) is 0.460. The van der Waals surface area contributed by atoms with E-state index in [2.05, 4.69) is 5.32 Å². The number of hydrogen-bond donors (Lipinski definition) is 1. The van der Waals surface area contributed by atoms with Gasteiger partial charge in [0, 0.05) is 26.1 Å². The highest BCUT2D eigenvalue weighted by molar-refractivity contribution is 5.79. The molecule has 3 aliphatic rings. The van der Waals surface area contributed by atoms with Crippen molar-refractivity contribution in [3.63, 3.8) is 0 Å². The van der Waals surface area contributed by atoms with E-state index in [4.69, 9.17) is 0 Å². The SMILES string of the molecule is CN(C(=O)C1CCC2CCCCC2C1)C1CNC1. The Kier molecular flexibility index (Phi) is 3.60. The first kappa shape index (κ1) is 12.5. The van der Waals surface area contributed by atoms with Crippen LogP contribution in [0.15, 0.2) is 0 Å². The molecule has 0 aromatic rings. The number of carbonyl (C=O) groups is 1. The number of hydrogen-bond acceptors (Lipinski definition) is 2. The third kappa shape index (κ3) is 2.29. The molecule has 1 N–H and O–H groups in total. The maximum atomic E-state index is 12.5. The first-order valence-corrected chi connectivity index (χ1v) is 7.73. The van der Waals surface area contributed by atoms with Crippen LogP contribution in [0.25, 0.3) is 0 Å². The van der Waals surface area contributed by atoms with Crippen molar-refractivity contribution in [3.8, 4) is 0 Å². The highest BCUT2D eigenvalue weighted by Crippen LogP contribution is 2.43. The fourth-order valence-electron chi connectivity index (χ4n) is 4.11. The lowest BCUT2D eigenvalue weighted by Gasteiger charge is -2.42. The predicted molar refractivity (Wildman–Crippen MR) is 72.2 cm³/mol. The van der Waals surface area contributed by atoms with E-state index < -0.39 is 0 Å². The predicted octanol–water partition coefficient (Wildman–Crippen LogP) is 2.02. The van der Waals surface area contributed by atoms with E-state index in [1.165, 1.54) is 38.5 Å². The highest BCUT2D eigenvalue weighted by Gasteiger charge is 2.37. The molecule has 1 saturated heterocycles. The Hall–Kier alpha value is -0.570. The van der Waals surface area contributed by atoms with Crippen molar-refractivity contribution in [3.05, 3.63) is 0 Å². The summed E-state index contributed by atoms with van der Waals surface area (Å²) in [5.41, 5.74) is 0. The average molecular weight is 250 g/mol. The van der Waals surface area contributed by atoms with Gasteiger partial charge in [-0.25, -0.2) is 0 Å². The molecule has 3 rings (SSSR count). The molecule has 0 spiro atoms. The summed E-state index contributed by atoms with van der Waals surface area (Å²) in [6.45, 7) is 1.97. The maximum absolute atomic E-state index is 12.5. The van der Waals surface area contributed by atoms with Crippen molar-refractivity contribution < 1.29 is 4.79 Å². The Bertz CT molecular complexity index is 314. The van der Waals surface area contributed by atoms with Gasteiger partial charge in [-0.05, 0) is 31.1 Å². The van der Waals surface area contributed by atoms with E-state index in [0.717, 1.165) is 31.3 Å². The van der Waals surface area contributed by atoms with Crippen LogP contribution in [0.5, 0.6) is 0 Å². The van der Waals surface area contributed by atoms with E-state index >= 15 is 0 Å². The average Bonchev–Trinajstić information content (AvgIpc) is 2.35. The smallest absolute Gasteiger partial charge is 0.225 e. The molecule has 2 saturated carbocycles. The molecule has 2 aliphatic carbocycles. The summed E-state index contributed by atoms with van der Waals surface area (Å²) in [7, 11) is 2.00. The number of likely N-dealkylation sites (N-methyl/N-ethyl adjacent to an activating group) is 1. The van der Waals surface area contributed by atoms with Crippen LogP contribution in [-0.2, 0) is 4.79 Å². The number of fused-ring (bicyclic) bond motifs is 1. The van der Waals surface area contributed by atoms with E-state index in [1.54, 1.807) is 0 Å². The topological polar surface area (TPSA) is 32.3 Å². The summed E-state index contributed by atoms with van der Waals surface area (Å²) in [5.74, 6) is 2.55. The third-order valence-electron chi connectivity index (χ3n) is 5.54. The van der Waals surface area contributed by atoms with Crippen molar-refractivity contribution >= 4 is 5.91 Å². The van der Waals surface area contributed by atoms with Gasteiger partial charge in [-0.3, -0.25) is 4.79 Å². The van der Waals surface area contributed by atoms with Gasteiger partial charge >= 0.3 is 0 Å². The van der Waals surface area contributed by atoms with Gasteiger partial charge in [0.05, 0.1) is 6.04 Å². The van der Waals surface area contributed by atoms with Gasteiger partial charge in [-0.15, -0.1) is 0 Å². The van der Waals surface area contributed by atoms with Crippen LogP contribution < -0.4 is 5.32 Å².